The van der Waals surface area contributed by atoms with E-state index in [9.17, 15) is 19.8 Å². The number of ether oxygens (including phenoxy) is 1. The quantitative estimate of drug-likeness (QED) is 0.367. The Morgan fingerprint density at radius 3 is 2.46 bits per heavy atom. The molecule has 1 atom stereocenters. The SMILES string of the molecule is CC(C)C(=O)Oc1ccc(Br)cc1/C=N\C(Cc1ccc(O)cc1)C(=O)CO. The van der Waals surface area contributed by atoms with Crippen LogP contribution in [0.1, 0.15) is 25.0 Å². The van der Waals surface area contributed by atoms with Crippen LogP contribution >= 0.6 is 15.9 Å². The van der Waals surface area contributed by atoms with Crippen LogP contribution in [0.25, 0.3) is 0 Å². The Hall–Kier alpha value is -2.51. The number of phenolic OH excluding ortho intramolecular Hbond substituents is 1. The van der Waals surface area contributed by atoms with Gasteiger partial charge in [0.05, 0.1) is 5.92 Å². The molecule has 0 amide bonds. The zero-order valence-electron chi connectivity index (χ0n) is 15.6. The summed E-state index contributed by atoms with van der Waals surface area (Å²) in [6, 6.07) is 10.8. The van der Waals surface area contributed by atoms with E-state index in [2.05, 4.69) is 20.9 Å². The van der Waals surface area contributed by atoms with Gasteiger partial charge in [0, 0.05) is 22.7 Å². The van der Waals surface area contributed by atoms with Crippen LogP contribution < -0.4 is 4.74 Å². The van der Waals surface area contributed by atoms with E-state index in [1.807, 2.05) is 0 Å². The normalized spacial score (nSPS) is 12.3. The van der Waals surface area contributed by atoms with Crippen molar-refractivity contribution in [2.24, 2.45) is 10.9 Å². The number of aliphatic hydroxyl groups excluding tert-OH is 1. The van der Waals surface area contributed by atoms with Crippen molar-refractivity contribution in [3.05, 3.63) is 58.1 Å². The maximum atomic E-state index is 12.1. The number of rotatable bonds is 8. The van der Waals surface area contributed by atoms with E-state index in [-0.39, 0.29) is 24.1 Å². The first kappa shape index (κ1) is 21.8. The van der Waals surface area contributed by atoms with Crippen LogP contribution in [0.5, 0.6) is 11.5 Å². The summed E-state index contributed by atoms with van der Waals surface area (Å²) in [5.41, 5.74) is 1.33. The average molecular weight is 448 g/mol. The summed E-state index contributed by atoms with van der Waals surface area (Å²) in [5.74, 6) is -0.621. The lowest BCUT2D eigenvalue weighted by Crippen LogP contribution is -2.24. The molecule has 148 valence electrons. The molecule has 0 aliphatic carbocycles. The van der Waals surface area contributed by atoms with Crippen LogP contribution in [0, 0.1) is 5.92 Å². The number of aliphatic hydroxyl groups is 1. The maximum Gasteiger partial charge on any atom is 0.313 e. The van der Waals surface area contributed by atoms with Crippen LogP contribution in [0.2, 0.25) is 0 Å². The molecule has 0 heterocycles. The van der Waals surface area contributed by atoms with Crippen LogP contribution in [0.15, 0.2) is 51.9 Å². The van der Waals surface area contributed by atoms with Gasteiger partial charge in [0.15, 0.2) is 5.78 Å². The van der Waals surface area contributed by atoms with Crippen molar-refractivity contribution in [2.75, 3.05) is 6.61 Å². The molecule has 0 aliphatic heterocycles. The van der Waals surface area contributed by atoms with Crippen LogP contribution in [-0.4, -0.2) is 40.8 Å². The number of hydrogen-bond acceptors (Lipinski definition) is 6. The summed E-state index contributed by atoms with van der Waals surface area (Å²) < 4.78 is 6.17. The molecule has 0 aromatic heterocycles. The number of carbonyl (C=O) groups excluding carboxylic acids is 2. The highest BCUT2D eigenvalue weighted by Crippen LogP contribution is 2.23. The van der Waals surface area contributed by atoms with Gasteiger partial charge in [-0.3, -0.25) is 14.6 Å². The summed E-state index contributed by atoms with van der Waals surface area (Å²) in [5, 5.41) is 18.6. The first-order valence-electron chi connectivity index (χ1n) is 8.76. The Kier molecular flexibility index (Phi) is 7.90. The summed E-state index contributed by atoms with van der Waals surface area (Å²) in [4.78, 5) is 28.4. The van der Waals surface area contributed by atoms with Crippen molar-refractivity contribution in [3.63, 3.8) is 0 Å². The average Bonchev–Trinajstić information content (AvgIpc) is 2.67. The minimum absolute atomic E-state index is 0.128. The Morgan fingerprint density at radius 2 is 1.86 bits per heavy atom. The topological polar surface area (TPSA) is 96.2 Å². The van der Waals surface area contributed by atoms with Crippen LogP contribution in [0.4, 0.5) is 0 Å². The molecular weight excluding hydrogens is 426 g/mol. The van der Waals surface area contributed by atoms with Crippen molar-refractivity contribution >= 4 is 33.9 Å². The van der Waals surface area contributed by atoms with E-state index in [4.69, 9.17) is 4.74 Å². The second kappa shape index (κ2) is 10.1. The van der Waals surface area contributed by atoms with Gasteiger partial charge in [0.2, 0.25) is 0 Å². The van der Waals surface area contributed by atoms with Crippen LogP contribution in [-0.2, 0) is 16.0 Å². The number of aromatic hydroxyl groups is 1. The molecule has 7 heteroatoms. The van der Waals surface area contributed by atoms with Gasteiger partial charge in [-0.2, -0.15) is 0 Å². The summed E-state index contributed by atoms with van der Waals surface area (Å²) in [7, 11) is 0. The summed E-state index contributed by atoms with van der Waals surface area (Å²) in [6.45, 7) is 2.85. The molecule has 0 saturated heterocycles. The van der Waals surface area contributed by atoms with Crippen molar-refractivity contribution in [3.8, 4) is 11.5 Å². The number of hydrogen-bond donors (Lipinski definition) is 2. The molecule has 0 bridgehead atoms. The van der Waals surface area contributed by atoms with Crippen LogP contribution in [0.3, 0.4) is 0 Å². The minimum atomic E-state index is -0.804. The molecule has 2 aromatic rings. The Labute approximate surface area is 172 Å². The lowest BCUT2D eigenvalue weighted by atomic mass is 10.0. The van der Waals surface area contributed by atoms with Gasteiger partial charge in [-0.1, -0.05) is 41.9 Å². The number of carbonyl (C=O) groups is 2. The Bertz CT molecular complexity index is 862. The maximum absolute atomic E-state index is 12.1. The molecule has 2 N–H and O–H groups in total. The summed E-state index contributed by atoms with van der Waals surface area (Å²) in [6.07, 6.45) is 1.73. The van der Waals surface area contributed by atoms with Crippen molar-refractivity contribution in [2.45, 2.75) is 26.3 Å². The number of ketones is 1. The van der Waals surface area contributed by atoms with Crippen molar-refractivity contribution < 1.29 is 24.5 Å². The van der Waals surface area contributed by atoms with Gasteiger partial charge in [0.1, 0.15) is 24.1 Å². The highest BCUT2D eigenvalue weighted by molar-refractivity contribution is 9.10. The molecule has 0 radical (unpaired) electrons. The number of benzene rings is 2. The molecule has 2 aromatic carbocycles. The van der Waals surface area contributed by atoms with E-state index >= 15 is 0 Å². The molecule has 1 unspecified atom stereocenters. The molecule has 28 heavy (non-hydrogen) atoms. The first-order chi connectivity index (χ1) is 13.3. The fourth-order valence-electron chi connectivity index (χ4n) is 2.32. The zero-order valence-corrected chi connectivity index (χ0v) is 17.2. The number of Topliss-reactive ketones (excluding diaryl/α,β-unsaturated/α-hetero) is 1. The van der Waals surface area contributed by atoms with Gasteiger partial charge in [0.25, 0.3) is 0 Å². The number of halogens is 1. The molecule has 2 rings (SSSR count). The van der Waals surface area contributed by atoms with Gasteiger partial charge < -0.3 is 14.9 Å². The fourth-order valence-corrected chi connectivity index (χ4v) is 2.70. The standard InChI is InChI=1S/C21H22BrNO5/c1-13(2)21(27)28-20-8-5-16(22)10-15(20)11-23-18(19(26)12-24)9-14-3-6-17(25)7-4-14/h3-8,10-11,13,18,24-25H,9,12H2,1-2H3/b23-11-. The van der Waals surface area contributed by atoms with E-state index in [1.165, 1.54) is 18.3 Å². The monoisotopic (exact) mass is 447 g/mol. The molecule has 0 saturated carbocycles. The van der Waals surface area contributed by atoms with Gasteiger partial charge >= 0.3 is 5.97 Å². The lowest BCUT2D eigenvalue weighted by molar-refractivity contribution is -0.137. The molecule has 0 spiro atoms. The lowest BCUT2D eigenvalue weighted by Gasteiger charge is -2.12. The predicted octanol–water partition coefficient (Wildman–Crippen LogP) is 3.31. The van der Waals surface area contributed by atoms with Gasteiger partial charge in [-0.15, -0.1) is 0 Å². The molecule has 0 fully saturated rings. The van der Waals surface area contributed by atoms with E-state index in [1.54, 1.807) is 44.2 Å². The second-order valence-corrected chi connectivity index (χ2v) is 7.46. The second-order valence-electron chi connectivity index (χ2n) is 6.55. The summed E-state index contributed by atoms with van der Waals surface area (Å²) >= 11 is 3.37. The number of aliphatic imine (C=N–C) groups is 1. The number of phenols is 1. The molecular formula is C21H22BrNO5. The highest BCUT2D eigenvalue weighted by Gasteiger charge is 2.18. The van der Waals surface area contributed by atoms with Crippen molar-refractivity contribution in [1.82, 2.24) is 0 Å². The zero-order chi connectivity index (χ0) is 20.7. The van der Waals surface area contributed by atoms with Crippen molar-refractivity contribution in [1.29, 1.82) is 0 Å². The van der Waals surface area contributed by atoms with E-state index < -0.39 is 18.4 Å². The van der Waals surface area contributed by atoms with E-state index in [0.29, 0.717) is 11.3 Å². The number of nitrogens with zero attached hydrogens (tertiary/aromatic N) is 1. The largest absolute Gasteiger partial charge is 0.508 e. The third-order valence-electron chi connectivity index (χ3n) is 3.94. The smallest absolute Gasteiger partial charge is 0.313 e. The third-order valence-corrected chi connectivity index (χ3v) is 4.43. The van der Waals surface area contributed by atoms with Gasteiger partial charge in [-0.25, -0.2) is 0 Å². The van der Waals surface area contributed by atoms with E-state index in [0.717, 1.165) is 10.0 Å². The Morgan fingerprint density at radius 1 is 1.18 bits per heavy atom. The fraction of sp³-hybridized carbons (Fsp3) is 0.286. The minimum Gasteiger partial charge on any atom is -0.508 e. The first-order valence-corrected chi connectivity index (χ1v) is 9.55. The number of esters is 1. The molecule has 6 nitrogen and oxygen atoms in total. The highest BCUT2D eigenvalue weighted by atomic mass is 79.9. The molecule has 0 aliphatic rings. The Balaban J connectivity index is 2.28. The predicted molar refractivity (Wildman–Crippen MR) is 110 cm³/mol. The third kappa shape index (κ3) is 6.28. The van der Waals surface area contributed by atoms with Gasteiger partial charge in [-0.05, 0) is 35.9 Å².